The average molecular weight is 253 g/mol. The summed E-state index contributed by atoms with van der Waals surface area (Å²) >= 11 is 0. The van der Waals surface area contributed by atoms with E-state index in [0.717, 1.165) is 16.8 Å². The van der Waals surface area contributed by atoms with E-state index in [1.807, 2.05) is 44.2 Å². The highest BCUT2D eigenvalue weighted by Crippen LogP contribution is 2.30. The lowest BCUT2D eigenvalue weighted by Gasteiger charge is -2.06. The summed E-state index contributed by atoms with van der Waals surface area (Å²) in [4.78, 5) is 8.75. The summed E-state index contributed by atoms with van der Waals surface area (Å²) in [6.45, 7) is 4.10. The van der Waals surface area contributed by atoms with Gasteiger partial charge in [-0.15, -0.1) is 0 Å². The Balaban J connectivity index is 2.17. The second-order valence-corrected chi connectivity index (χ2v) is 4.84. The molecule has 96 valence electrons. The van der Waals surface area contributed by atoms with Gasteiger partial charge in [0.15, 0.2) is 5.76 Å². The lowest BCUT2D eigenvalue weighted by Crippen LogP contribution is -2.02. The first-order valence-corrected chi connectivity index (χ1v) is 6.26. The van der Waals surface area contributed by atoms with Gasteiger partial charge in [0.2, 0.25) is 0 Å². The van der Waals surface area contributed by atoms with Gasteiger partial charge >= 0.3 is 0 Å². The number of rotatable bonds is 2. The van der Waals surface area contributed by atoms with E-state index < -0.39 is 0 Å². The maximum Gasteiger partial charge on any atom is 0.156 e. The highest BCUT2D eigenvalue weighted by Gasteiger charge is 2.13. The van der Waals surface area contributed by atoms with Gasteiger partial charge < -0.3 is 10.2 Å². The lowest BCUT2D eigenvalue weighted by atomic mass is 10.2. The Morgan fingerprint density at radius 1 is 1.21 bits per heavy atom. The van der Waals surface area contributed by atoms with Crippen molar-refractivity contribution in [1.82, 2.24) is 9.97 Å². The number of fused-ring (bicyclic) bond motifs is 1. The minimum atomic E-state index is 0.253. The molecule has 0 fully saturated rings. The first-order valence-electron chi connectivity index (χ1n) is 6.26. The summed E-state index contributed by atoms with van der Waals surface area (Å²) in [6, 6.07) is 9.81. The molecule has 0 radical (unpaired) electrons. The van der Waals surface area contributed by atoms with E-state index >= 15 is 0 Å². The molecule has 0 aliphatic rings. The minimum Gasteiger partial charge on any atom is -0.454 e. The Hall–Kier alpha value is -2.36. The Bertz CT molecular complexity index is 698. The number of hydrogen-bond acceptors (Lipinski definition) is 4. The Morgan fingerprint density at radius 2 is 2.00 bits per heavy atom. The lowest BCUT2D eigenvalue weighted by molar-refractivity contribution is 0.627. The molecule has 3 rings (SSSR count). The van der Waals surface area contributed by atoms with Crippen molar-refractivity contribution in [3.63, 3.8) is 0 Å². The van der Waals surface area contributed by atoms with Crippen LogP contribution >= 0.6 is 0 Å². The largest absolute Gasteiger partial charge is 0.454 e. The highest BCUT2D eigenvalue weighted by atomic mass is 16.3. The van der Waals surface area contributed by atoms with Crippen molar-refractivity contribution in [2.45, 2.75) is 19.8 Å². The van der Waals surface area contributed by atoms with Crippen molar-refractivity contribution < 1.29 is 4.42 Å². The van der Waals surface area contributed by atoms with Gasteiger partial charge in [-0.3, -0.25) is 0 Å². The fourth-order valence-corrected chi connectivity index (χ4v) is 1.98. The molecule has 0 saturated heterocycles. The monoisotopic (exact) mass is 253 g/mol. The zero-order valence-corrected chi connectivity index (χ0v) is 10.9. The molecule has 0 amide bonds. The quantitative estimate of drug-likeness (QED) is 0.757. The molecular formula is C15H15N3O. The van der Waals surface area contributed by atoms with Crippen LogP contribution in [0.25, 0.3) is 22.4 Å². The second kappa shape index (κ2) is 4.39. The topological polar surface area (TPSA) is 64.9 Å². The number of nitrogens with zero attached hydrogens (tertiary/aromatic N) is 2. The van der Waals surface area contributed by atoms with Gasteiger partial charge in [-0.05, 0) is 12.1 Å². The molecule has 0 atom stereocenters. The number of benzene rings is 1. The summed E-state index contributed by atoms with van der Waals surface area (Å²) in [7, 11) is 0. The van der Waals surface area contributed by atoms with Crippen molar-refractivity contribution >= 4 is 16.7 Å². The molecule has 0 bridgehead atoms. The maximum atomic E-state index is 5.96. The number of nitrogens with two attached hydrogens (primary N) is 1. The predicted octanol–water partition coefficient (Wildman–Crippen LogP) is 3.60. The van der Waals surface area contributed by atoms with Gasteiger partial charge in [-0.25, -0.2) is 9.97 Å². The van der Waals surface area contributed by atoms with Gasteiger partial charge in [0, 0.05) is 11.3 Å². The molecule has 4 nitrogen and oxygen atoms in total. The standard InChI is InChI=1S/C15H15N3O/c1-9(2)15-17-8-11(16)14(18-15)13-7-10-5-3-4-6-12(10)19-13/h3-9H,16H2,1-2H3. The van der Waals surface area contributed by atoms with Gasteiger partial charge in [-0.1, -0.05) is 32.0 Å². The molecular weight excluding hydrogens is 238 g/mol. The Morgan fingerprint density at radius 3 is 2.74 bits per heavy atom. The van der Waals surface area contributed by atoms with Gasteiger partial charge in [-0.2, -0.15) is 0 Å². The van der Waals surface area contributed by atoms with E-state index in [2.05, 4.69) is 9.97 Å². The summed E-state index contributed by atoms with van der Waals surface area (Å²) in [5, 5.41) is 1.04. The van der Waals surface area contributed by atoms with E-state index in [4.69, 9.17) is 10.2 Å². The normalized spacial score (nSPS) is 11.3. The molecule has 2 aromatic heterocycles. The summed E-state index contributed by atoms with van der Waals surface area (Å²) in [5.74, 6) is 1.70. The van der Waals surface area contributed by atoms with Crippen LogP contribution in [0.3, 0.4) is 0 Å². The summed E-state index contributed by atoms with van der Waals surface area (Å²) in [5.41, 5.74) is 7.99. The van der Waals surface area contributed by atoms with E-state index in [9.17, 15) is 0 Å². The molecule has 0 saturated carbocycles. The average Bonchev–Trinajstić information content (AvgIpc) is 2.82. The molecule has 1 aromatic carbocycles. The molecule has 0 aliphatic carbocycles. The third-order valence-electron chi connectivity index (χ3n) is 3.01. The molecule has 0 spiro atoms. The van der Waals surface area contributed by atoms with E-state index in [1.165, 1.54) is 0 Å². The zero-order valence-electron chi connectivity index (χ0n) is 10.9. The van der Waals surface area contributed by atoms with E-state index in [0.29, 0.717) is 17.1 Å². The van der Waals surface area contributed by atoms with Crippen LogP contribution in [-0.2, 0) is 0 Å². The highest BCUT2D eigenvalue weighted by molar-refractivity contribution is 5.84. The van der Waals surface area contributed by atoms with Crippen LogP contribution in [0.5, 0.6) is 0 Å². The van der Waals surface area contributed by atoms with E-state index in [-0.39, 0.29) is 5.92 Å². The van der Waals surface area contributed by atoms with Crippen LogP contribution in [0.15, 0.2) is 40.9 Å². The second-order valence-electron chi connectivity index (χ2n) is 4.84. The summed E-state index contributed by atoms with van der Waals surface area (Å²) < 4.78 is 5.80. The third-order valence-corrected chi connectivity index (χ3v) is 3.01. The Kier molecular flexibility index (Phi) is 2.71. The smallest absolute Gasteiger partial charge is 0.156 e. The fraction of sp³-hybridized carbons (Fsp3) is 0.200. The first-order chi connectivity index (χ1) is 9.15. The predicted molar refractivity (Wildman–Crippen MR) is 75.7 cm³/mol. The number of para-hydroxylation sites is 1. The molecule has 3 aromatic rings. The van der Waals surface area contributed by atoms with Crippen LogP contribution in [0, 0.1) is 0 Å². The van der Waals surface area contributed by atoms with Crippen molar-refractivity contribution in [2.24, 2.45) is 0 Å². The number of furan rings is 1. The molecule has 0 unspecified atom stereocenters. The van der Waals surface area contributed by atoms with Crippen LogP contribution in [0.2, 0.25) is 0 Å². The first kappa shape index (κ1) is 11.7. The number of hydrogen-bond donors (Lipinski definition) is 1. The molecule has 2 N–H and O–H groups in total. The molecule has 4 heteroatoms. The number of nitrogen functional groups attached to an aromatic ring is 1. The minimum absolute atomic E-state index is 0.253. The van der Waals surface area contributed by atoms with Gasteiger partial charge in [0.05, 0.1) is 11.9 Å². The SMILES string of the molecule is CC(C)c1ncc(N)c(-c2cc3ccccc3o2)n1. The summed E-state index contributed by atoms with van der Waals surface area (Å²) in [6.07, 6.45) is 1.64. The third kappa shape index (κ3) is 2.05. The van der Waals surface area contributed by atoms with Crippen LogP contribution in [0.4, 0.5) is 5.69 Å². The van der Waals surface area contributed by atoms with Crippen molar-refractivity contribution in [2.75, 3.05) is 5.73 Å². The van der Waals surface area contributed by atoms with Gasteiger partial charge in [0.25, 0.3) is 0 Å². The van der Waals surface area contributed by atoms with Crippen LogP contribution in [0.1, 0.15) is 25.6 Å². The molecule has 2 heterocycles. The van der Waals surface area contributed by atoms with E-state index in [1.54, 1.807) is 6.20 Å². The molecule has 19 heavy (non-hydrogen) atoms. The van der Waals surface area contributed by atoms with Crippen molar-refractivity contribution in [3.8, 4) is 11.5 Å². The number of aromatic nitrogens is 2. The van der Waals surface area contributed by atoms with Crippen molar-refractivity contribution in [1.29, 1.82) is 0 Å². The number of anilines is 1. The Labute approximate surface area is 111 Å². The van der Waals surface area contributed by atoms with Gasteiger partial charge in [0.1, 0.15) is 17.1 Å². The fourth-order valence-electron chi connectivity index (χ4n) is 1.98. The van der Waals surface area contributed by atoms with Crippen molar-refractivity contribution in [3.05, 3.63) is 42.4 Å². The maximum absolute atomic E-state index is 5.96. The molecule has 0 aliphatic heterocycles. The zero-order chi connectivity index (χ0) is 13.4. The van der Waals surface area contributed by atoms with Crippen LogP contribution < -0.4 is 5.73 Å². The van der Waals surface area contributed by atoms with Crippen LogP contribution in [-0.4, -0.2) is 9.97 Å².